The van der Waals surface area contributed by atoms with E-state index in [1.54, 1.807) is 0 Å². The van der Waals surface area contributed by atoms with Crippen LogP contribution in [0.25, 0.3) is 0 Å². The molecule has 20 heavy (non-hydrogen) atoms. The molecule has 1 aromatic heterocycles. The molecule has 106 valence electrons. The summed E-state index contributed by atoms with van der Waals surface area (Å²) in [4.78, 5) is 14.2. The first-order valence-electron chi connectivity index (χ1n) is 6.55. The van der Waals surface area contributed by atoms with Gasteiger partial charge >= 0.3 is 0 Å². The van der Waals surface area contributed by atoms with Gasteiger partial charge in [0.2, 0.25) is 0 Å². The molecular formula is C15H20N4O. The number of nitrogens with zero attached hydrogens (tertiary/aromatic N) is 2. The zero-order valence-corrected chi connectivity index (χ0v) is 12.3. The second-order valence-electron chi connectivity index (χ2n) is 5.04. The van der Waals surface area contributed by atoms with Gasteiger partial charge in [-0.2, -0.15) is 5.10 Å². The van der Waals surface area contributed by atoms with Crippen LogP contribution in [-0.4, -0.2) is 30.2 Å². The van der Waals surface area contributed by atoms with Crippen LogP contribution in [0.15, 0.2) is 24.3 Å². The fraction of sp³-hybridized carbons (Fsp3) is 0.333. The van der Waals surface area contributed by atoms with Gasteiger partial charge in [0.1, 0.15) is 0 Å². The third-order valence-corrected chi connectivity index (χ3v) is 3.33. The van der Waals surface area contributed by atoms with Crippen molar-refractivity contribution in [1.82, 2.24) is 15.5 Å². The Balaban J connectivity index is 2.07. The molecule has 0 saturated carbocycles. The minimum absolute atomic E-state index is 0.0753. The monoisotopic (exact) mass is 272 g/mol. The van der Waals surface area contributed by atoms with Crippen LogP contribution >= 0.6 is 0 Å². The van der Waals surface area contributed by atoms with Crippen LogP contribution < -0.4 is 10.2 Å². The average Bonchev–Trinajstić information content (AvgIpc) is 2.75. The SMILES string of the molecule is Cc1n[nH]c(C)c1CNC(=O)c1cccc(N(C)C)c1. The lowest BCUT2D eigenvalue weighted by Gasteiger charge is -2.13. The number of hydrogen-bond acceptors (Lipinski definition) is 3. The number of aryl methyl sites for hydroxylation is 2. The number of amides is 1. The molecule has 0 aliphatic carbocycles. The highest BCUT2D eigenvalue weighted by Crippen LogP contribution is 2.14. The van der Waals surface area contributed by atoms with Gasteiger partial charge in [-0.15, -0.1) is 0 Å². The van der Waals surface area contributed by atoms with Crippen LogP contribution in [0.1, 0.15) is 27.3 Å². The first kappa shape index (κ1) is 14.1. The highest BCUT2D eigenvalue weighted by molar-refractivity contribution is 5.95. The number of H-pyrrole nitrogens is 1. The molecule has 0 aliphatic heterocycles. The van der Waals surface area contributed by atoms with E-state index < -0.39 is 0 Å². The second-order valence-corrected chi connectivity index (χ2v) is 5.04. The fourth-order valence-electron chi connectivity index (χ4n) is 2.03. The summed E-state index contributed by atoms with van der Waals surface area (Å²) in [5.74, 6) is -0.0753. The molecular weight excluding hydrogens is 252 g/mol. The molecule has 2 rings (SSSR count). The van der Waals surface area contributed by atoms with Gasteiger partial charge < -0.3 is 10.2 Å². The Hall–Kier alpha value is -2.30. The van der Waals surface area contributed by atoms with E-state index in [0.717, 1.165) is 22.6 Å². The molecule has 0 unspecified atom stereocenters. The Morgan fingerprint density at radius 1 is 1.35 bits per heavy atom. The predicted molar refractivity (Wildman–Crippen MR) is 80.0 cm³/mol. The number of carbonyl (C=O) groups excluding carboxylic acids is 1. The van der Waals surface area contributed by atoms with Crippen molar-refractivity contribution in [3.05, 3.63) is 46.8 Å². The maximum Gasteiger partial charge on any atom is 0.251 e. The van der Waals surface area contributed by atoms with Crippen LogP contribution in [0.2, 0.25) is 0 Å². The van der Waals surface area contributed by atoms with Crippen molar-refractivity contribution >= 4 is 11.6 Å². The highest BCUT2D eigenvalue weighted by Gasteiger charge is 2.10. The molecule has 1 heterocycles. The third kappa shape index (κ3) is 2.99. The topological polar surface area (TPSA) is 61.0 Å². The lowest BCUT2D eigenvalue weighted by atomic mass is 10.1. The standard InChI is InChI=1S/C15H20N4O/c1-10-14(11(2)18-17-10)9-16-15(20)12-6-5-7-13(8-12)19(3)4/h5-8H,9H2,1-4H3,(H,16,20)(H,17,18). The van der Waals surface area contributed by atoms with Gasteiger partial charge in [-0.3, -0.25) is 9.89 Å². The number of hydrogen-bond donors (Lipinski definition) is 2. The van der Waals surface area contributed by atoms with Gasteiger partial charge in [0.05, 0.1) is 5.69 Å². The minimum Gasteiger partial charge on any atom is -0.378 e. The largest absolute Gasteiger partial charge is 0.378 e. The second kappa shape index (κ2) is 5.77. The lowest BCUT2D eigenvalue weighted by Crippen LogP contribution is -2.23. The number of carbonyl (C=O) groups is 1. The summed E-state index contributed by atoms with van der Waals surface area (Å²) >= 11 is 0. The summed E-state index contributed by atoms with van der Waals surface area (Å²) in [5.41, 5.74) is 4.63. The summed E-state index contributed by atoms with van der Waals surface area (Å²) in [6.07, 6.45) is 0. The zero-order valence-electron chi connectivity index (χ0n) is 12.3. The molecule has 0 atom stereocenters. The molecule has 2 aromatic rings. The van der Waals surface area contributed by atoms with Crippen molar-refractivity contribution in [3.8, 4) is 0 Å². The first-order chi connectivity index (χ1) is 9.49. The van der Waals surface area contributed by atoms with Crippen LogP contribution in [-0.2, 0) is 6.54 Å². The lowest BCUT2D eigenvalue weighted by molar-refractivity contribution is 0.0951. The maximum absolute atomic E-state index is 12.2. The van der Waals surface area contributed by atoms with Gasteiger partial charge in [0.25, 0.3) is 5.91 Å². The molecule has 2 N–H and O–H groups in total. The van der Waals surface area contributed by atoms with E-state index in [2.05, 4.69) is 15.5 Å². The number of nitrogens with one attached hydrogen (secondary N) is 2. The number of rotatable bonds is 4. The van der Waals surface area contributed by atoms with E-state index in [1.807, 2.05) is 57.1 Å². The van der Waals surface area contributed by atoms with Crippen LogP contribution in [0, 0.1) is 13.8 Å². The molecule has 0 fully saturated rings. The predicted octanol–water partition coefficient (Wildman–Crippen LogP) is 2.02. The Morgan fingerprint density at radius 2 is 2.10 bits per heavy atom. The van der Waals surface area contributed by atoms with Gasteiger partial charge in [-0.05, 0) is 32.0 Å². The van der Waals surface area contributed by atoms with Crippen molar-refractivity contribution in [2.45, 2.75) is 20.4 Å². The molecule has 5 nitrogen and oxygen atoms in total. The van der Waals surface area contributed by atoms with Gasteiger partial charge in [-0.25, -0.2) is 0 Å². The van der Waals surface area contributed by atoms with Gasteiger partial charge in [-0.1, -0.05) is 6.07 Å². The summed E-state index contributed by atoms with van der Waals surface area (Å²) in [7, 11) is 3.91. The van der Waals surface area contributed by atoms with E-state index >= 15 is 0 Å². The van der Waals surface area contributed by atoms with E-state index in [9.17, 15) is 4.79 Å². The summed E-state index contributed by atoms with van der Waals surface area (Å²) in [6, 6.07) is 7.56. The van der Waals surface area contributed by atoms with Crippen LogP contribution in [0.5, 0.6) is 0 Å². The van der Waals surface area contributed by atoms with E-state index in [-0.39, 0.29) is 5.91 Å². The summed E-state index contributed by atoms with van der Waals surface area (Å²) < 4.78 is 0. The minimum atomic E-state index is -0.0753. The van der Waals surface area contributed by atoms with E-state index in [1.165, 1.54) is 0 Å². The molecule has 1 amide bonds. The van der Waals surface area contributed by atoms with Crippen molar-refractivity contribution in [1.29, 1.82) is 0 Å². The van der Waals surface area contributed by atoms with Crippen LogP contribution in [0.4, 0.5) is 5.69 Å². The first-order valence-corrected chi connectivity index (χ1v) is 6.55. The number of aromatic nitrogens is 2. The zero-order chi connectivity index (χ0) is 14.7. The van der Waals surface area contributed by atoms with E-state index in [0.29, 0.717) is 12.1 Å². The average molecular weight is 272 g/mol. The smallest absolute Gasteiger partial charge is 0.251 e. The van der Waals surface area contributed by atoms with Gasteiger partial charge in [0.15, 0.2) is 0 Å². The Bertz CT molecular complexity index is 597. The molecule has 0 saturated heterocycles. The highest BCUT2D eigenvalue weighted by atomic mass is 16.1. The Morgan fingerprint density at radius 3 is 2.70 bits per heavy atom. The molecule has 0 bridgehead atoms. The van der Waals surface area contributed by atoms with E-state index in [4.69, 9.17) is 0 Å². The van der Waals surface area contributed by atoms with Gasteiger partial charge in [0, 0.05) is 43.1 Å². The summed E-state index contributed by atoms with van der Waals surface area (Å²) in [5, 5.41) is 9.97. The summed E-state index contributed by atoms with van der Waals surface area (Å²) in [6.45, 7) is 4.37. The molecule has 0 spiro atoms. The van der Waals surface area contributed by atoms with Crippen molar-refractivity contribution in [2.24, 2.45) is 0 Å². The number of anilines is 1. The van der Waals surface area contributed by atoms with Crippen LogP contribution in [0.3, 0.4) is 0 Å². The Labute approximate surface area is 119 Å². The van der Waals surface area contributed by atoms with Crippen molar-refractivity contribution in [3.63, 3.8) is 0 Å². The molecule has 1 aromatic carbocycles. The van der Waals surface area contributed by atoms with Crippen molar-refractivity contribution < 1.29 is 4.79 Å². The molecule has 5 heteroatoms. The third-order valence-electron chi connectivity index (χ3n) is 3.33. The fourth-order valence-corrected chi connectivity index (χ4v) is 2.03. The number of aromatic amines is 1. The number of benzene rings is 1. The quantitative estimate of drug-likeness (QED) is 0.895. The normalized spacial score (nSPS) is 10.4. The van der Waals surface area contributed by atoms with Crippen molar-refractivity contribution in [2.75, 3.05) is 19.0 Å². The maximum atomic E-state index is 12.2. The Kier molecular flexibility index (Phi) is 4.08. The molecule has 0 aliphatic rings. The molecule has 0 radical (unpaired) electrons.